The Balaban J connectivity index is 1.67. The summed E-state index contributed by atoms with van der Waals surface area (Å²) in [5.74, 6) is 1.10. The molecule has 3 aromatic carbocycles. The van der Waals surface area contributed by atoms with Gasteiger partial charge < -0.3 is 5.32 Å². The topological polar surface area (TPSA) is 12.0 Å². The molecule has 0 bridgehead atoms. The molecule has 1 heteroatoms. The first-order valence-corrected chi connectivity index (χ1v) is 9.08. The minimum atomic E-state index is 0.360. The van der Waals surface area contributed by atoms with Crippen LogP contribution in [0.2, 0.25) is 0 Å². The number of fused-ring (bicyclic) bond motifs is 3. The zero-order valence-corrected chi connectivity index (χ0v) is 14.1. The van der Waals surface area contributed by atoms with Crippen LogP contribution in [-0.4, -0.2) is 0 Å². The molecule has 1 N–H and O–H groups in total. The minimum Gasteiger partial charge on any atom is -0.377 e. The maximum Gasteiger partial charge on any atom is 0.0554 e. The highest BCUT2D eigenvalue weighted by molar-refractivity contribution is 5.82. The van der Waals surface area contributed by atoms with E-state index in [1.807, 2.05) is 0 Å². The van der Waals surface area contributed by atoms with Gasteiger partial charge in [0.25, 0.3) is 0 Å². The quantitative estimate of drug-likeness (QED) is 0.555. The molecule has 1 heterocycles. The van der Waals surface area contributed by atoms with Crippen LogP contribution in [0.15, 0.2) is 91.0 Å². The largest absolute Gasteiger partial charge is 0.377 e. The Kier molecular flexibility index (Phi) is 3.45. The number of rotatable bonds is 2. The first-order valence-electron chi connectivity index (χ1n) is 9.08. The summed E-state index contributed by atoms with van der Waals surface area (Å²) in [5, 5.41) is 3.91. The van der Waals surface area contributed by atoms with Gasteiger partial charge in [-0.2, -0.15) is 0 Å². The van der Waals surface area contributed by atoms with Crippen molar-refractivity contribution in [2.24, 2.45) is 5.92 Å². The third kappa shape index (κ3) is 2.39. The van der Waals surface area contributed by atoms with Gasteiger partial charge in [-0.05, 0) is 29.0 Å². The molecule has 0 radical (unpaired) electrons. The van der Waals surface area contributed by atoms with Gasteiger partial charge in [0.15, 0.2) is 0 Å². The smallest absolute Gasteiger partial charge is 0.0554 e. The van der Waals surface area contributed by atoms with E-state index in [9.17, 15) is 0 Å². The van der Waals surface area contributed by atoms with Gasteiger partial charge >= 0.3 is 0 Å². The van der Waals surface area contributed by atoms with Crippen LogP contribution in [-0.2, 0) is 0 Å². The van der Waals surface area contributed by atoms with E-state index in [2.05, 4.69) is 96.3 Å². The lowest BCUT2D eigenvalue weighted by Crippen LogP contribution is -2.29. The molecule has 0 saturated heterocycles. The van der Waals surface area contributed by atoms with E-state index in [-0.39, 0.29) is 0 Å². The van der Waals surface area contributed by atoms with Crippen LogP contribution >= 0.6 is 0 Å². The number of para-hydroxylation sites is 1. The van der Waals surface area contributed by atoms with Gasteiger partial charge in [-0.3, -0.25) is 0 Å². The Hall–Kier alpha value is -2.80. The van der Waals surface area contributed by atoms with Crippen molar-refractivity contribution < 1.29 is 0 Å². The lowest BCUT2D eigenvalue weighted by Gasteiger charge is -2.38. The fourth-order valence-corrected chi connectivity index (χ4v) is 4.47. The van der Waals surface area contributed by atoms with Gasteiger partial charge in [-0.25, -0.2) is 0 Å². The third-order valence-electron chi connectivity index (χ3n) is 5.64. The van der Waals surface area contributed by atoms with E-state index >= 15 is 0 Å². The highest BCUT2D eigenvalue weighted by atomic mass is 15.0. The molecule has 0 spiro atoms. The molecule has 1 nitrogen and oxygen atoms in total. The van der Waals surface area contributed by atoms with Crippen LogP contribution in [0.3, 0.4) is 0 Å². The lowest BCUT2D eigenvalue weighted by molar-refractivity contribution is 0.426. The molecule has 0 aromatic heterocycles. The van der Waals surface area contributed by atoms with Gasteiger partial charge in [0.1, 0.15) is 0 Å². The van der Waals surface area contributed by atoms with Gasteiger partial charge in [-0.1, -0.05) is 91.0 Å². The van der Waals surface area contributed by atoms with Crippen molar-refractivity contribution in [1.29, 1.82) is 0 Å². The second-order valence-electron chi connectivity index (χ2n) is 7.02. The Morgan fingerprint density at radius 2 is 1.52 bits per heavy atom. The monoisotopic (exact) mass is 323 g/mol. The number of anilines is 1. The third-order valence-corrected chi connectivity index (χ3v) is 5.64. The van der Waals surface area contributed by atoms with Crippen molar-refractivity contribution in [2.75, 3.05) is 5.32 Å². The normalized spacial score (nSPS) is 23.6. The molecule has 1 aliphatic heterocycles. The second kappa shape index (κ2) is 5.93. The van der Waals surface area contributed by atoms with Crippen LogP contribution in [0.5, 0.6) is 0 Å². The minimum absolute atomic E-state index is 0.360. The summed E-state index contributed by atoms with van der Waals surface area (Å²) in [6.07, 6.45) is 5.92. The molecule has 25 heavy (non-hydrogen) atoms. The van der Waals surface area contributed by atoms with Crippen molar-refractivity contribution in [2.45, 2.75) is 18.4 Å². The van der Waals surface area contributed by atoms with Crippen molar-refractivity contribution in [3.63, 3.8) is 0 Å². The van der Waals surface area contributed by atoms with Crippen molar-refractivity contribution in [1.82, 2.24) is 0 Å². The van der Waals surface area contributed by atoms with E-state index in [1.165, 1.54) is 27.9 Å². The average Bonchev–Trinajstić information content (AvgIpc) is 3.18. The summed E-state index contributed by atoms with van der Waals surface area (Å²) in [4.78, 5) is 0. The molecular weight excluding hydrogens is 302 g/mol. The Labute approximate surface area is 149 Å². The van der Waals surface area contributed by atoms with Gasteiger partial charge in [-0.15, -0.1) is 0 Å². The molecule has 0 fully saturated rings. The first kappa shape index (κ1) is 14.5. The molecule has 122 valence electrons. The number of hydrogen-bond donors (Lipinski definition) is 1. The Bertz CT molecular complexity index is 911. The fraction of sp³-hybridized carbons (Fsp3) is 0.167. The number of hydrogen-bond acceptors (Lipinski definition) is 1. The SMILES string of the molecule is C1=C[C@@H]2c3cccc(-c4ccccc4)c3N[C@H](c3ccccc3)[C@@H]2C1. The molecule has 0 amide bonds. The molecule has 2 aliphatic rings. The predicted molar refractivity (Wildman–Crippen MR) is 105 cm³/mol. The standard InChI is InChI=1S/C24H21N/c1-3-9-17(10-4-1)19-13-7-16-22-20-14-8-15-21(20)23(25-24(19)22)18-11-5-2-6-12-18/h1-14,16,20-21,23,25H,15H2/t20-,21+,23+/m0/s1. The maximum absolute atomic E-state index is 3.91. The van der Waals surface area contributed by atoms with Crippen LogP contribution in [0.1, 0.15) is 29.5 Å². The van der Waals surface area contributed by atoms with Gasteiger partial charge in [0, 0.05) is 17.2 Å². The summed E-state index contributed by atoms with van der Waals surface area (Å²) in [6, 6.07) is 28.7. The molecule has 0 saturated carbocycles. The molecule has 0 unspecified atom stereocenters. The highest BCUT2D eigenvalue weighted by Gasteiger charge is 2.38. The zero-order valence-electron chi connectivity index (χ0n) is 14.1. The summed E-state index contributed by atoms with van der Waals surface area (Å²) in [5.41, 5.74) is 6.70. The van der Waals surface area contributed by atoms with Crippen LogP contribution in [0, 0.1) is 5.92 Å². The fourth-order valence-electron chi connectivity index (χ4n) is 4.47. The molecular formula is C24H21N. The summed E-state index contributed by atoms with van der Waals surface area (Å²) >= 11 is 0. The van der Waals surface area contributed by atoms with Gasteiger partial charge in [0.05, 0.1) is 6.04 Å². The number of nitrogens with one attached hydrogen (secondary N) is 1. The van der Waals surface area contributed by atoms with E-state index < -0.39 is 0 Å². The van der Waals surface area contributed by atoms with E-state index in [0.717, 1.165) is 6.42 Å². The maximum atomic E-state index is 3.91. The van der Waals surface area contributed by atoms with Crippen molar-refractivity contribution in [3.8, 4) is 11.1 Å². The average molecular weight is 323 g/mol. The molecule has 1 aliphatic carbocycles. The first-order chi connectivity index (χ1) is 12.4. The van der Waals surface area contributed by atoms with E-state index in [1.54, 1.807) is 0 Å². The predicted octanol–water partition coefficient (Wildman–Crippen LogP) is 6.18. The summed E-state index contributed by atoms with van der Waals surface area (Å²) in [6.45, 7) is 0. The highest BCUT2D eigenvalue weighted by Crippen LogP contribution is 2.51. The van der Waals surface area contributed by atoms with Crippen molar-refractivity contribution in [3.05, 3.63) is 102 Å². The van der Waals surface area contributed by atoms with E-state index in [4.69, 9.17) is 0 Å². The molecule has 3 atom stereocenters. The molecule has 3 aromatic rings. The van der Waals surface area contributed by atoms with Crippen LogP contribution < -0.4 is 5.32 Å². The second-order valence-corrected chi connectivity index (χ2v) is 7.02. The van der Waals surface area contributed by atoms with Crippen LogP contribution in [0.25, 0.3) is 11.1 Å². The number of allylic oxidation sites excluding steroid dienone is 2. The summed E-state index contributed by atoms with van der Waals surface area (Å²) in [7, 11) is 0. The van der Waals surface area contributed by atoms with E-state index in [0.29, 0.717) is 17.9 Å². The molecule has 5 rings (SSSR count). The lowest BCUT2D eigenvalue weighted by atomic mass is 9.76. The zero-order chi connectivity index (χ0) is 16.6. The van der Waals surface area contributed by atoms with Gasteiger partial charge in [0.2, 0.25) is 0 Å². The number of benzene rings is 3. The summed E-state index contributed by atoms with van der Waals surface area (Å²) < 4.78 is 0. The van der Waals surface area contributed by atoms with Crippen molar-refractivity contribution >= 4 is 5.69 Å². The Morgan fingerprint density at radius 1 is 0.760 bits per heavy atom. The van der Waals surface area contributed by atoms with Crippen LogP contribution in [0.4, 0.5) is 5.69 Å². The Morgan fingerprint density at radius 3 is 2.32 bits per heavy atom.